The van der Waals surface area contributed by atoms with Crippen molar-refractivity contribution in [3.63, 3.8) is 0 Å². The summed E-state index contributed by atoms with van der Waals surface area (Å²) in [7, 11) is 1.79. The van der Waals surface area contributed by atoms with Gasteiger partial charge in [-0.1, -0.05) is 13.3 Å². The summed E-state index contributed by atoms with van der Waals surface area (Å²) in [6, 6.07) is 0. The van der Waals surface area contributed by atoms with E-state index in [0.717, 1.165) is 19.1 Å². The molecule has 1 aliphatic rings. The summed E-state index contributed by atoms with van der Waals surface area (Å²) in [5.74, 6) is 1.44. The van der Waals surface area contributed by atoms with Gasteiger partial charge < -0.3 is 15.4 Å². The molecule has 1 fully saturated rings. The number of nitrogens with zero attached hydrogens (tertiary/aromatic N) is 1. The van der Waals surface area contributed by atoms with Crippen LogP contribution in [0.3, 0.4) is 0 Å². The maximum Gasteiger partial charge on any atom is 0.0503 e. The van der Waals surface area contributed by atoms with Gasteiger partial charge in [-0.15, -0.1) is 0 Å². The van der Waals surface area contributed by atoms with E-state index in [1.165, 1.54) is 38.9 Å². The number of likely N-dealkylation sites (tertiary alicyclic amines) is 1. The Morgan fingerprint density at radius 1 is 1.53 bits per heavy atom. The summed E-state index contributed by atoms with van der Waals surface area (Å²) >= 11 is 0. The van der Waals surface area contributed by atoms with Crippen LogP contribution in [0.25, 0.3) is 0 Å². The molecule has 3 nitrogen and oxygen atoms in total. The van der Waals surface area contributed by atoms with Crippen LogP contribution < -0.4 is 5.73 Å². The summed E-state index contributed by atoms with van der Waals surface area (Å²) in [6.45, 7) is 7.60. The molecular formula is C12H26N2O. The SMILES string of the molecule is CCCC(CN)CN1CCC(COC)C1. The van der Waals surface area contributed by atoms with Crippen molar-refractivity contribution in [3.8, 4) is 0 Å². The molecule has 1 rings (SSSR count). The highest BCUT2D eigenvalue weighted by Gasteiger charge is 2.23. The molecule has 0 saturated carbocycles. The first-order chi connectivity index (χ1) is 7.30. The molecule has 0 radical (unpaired) electrons. The lowest BCUT2D eigenvalue weighted by atomic mass is 10.0. The Hall–Kier alpha value is -0.120. The third kappa shape index (κ3) is 4.49. The highest BCUT2D eigenvalue weighted by Crippen LogP contribution is 2.18. The lowest BCUT2D eigenvalue weighted by Crippen LogP contribution is -2.31. The van der Waals surface area contributed by atoms with Crippen molar-refractivity contribution in [1.29, 1.82) is 0 Å². The summed E-state index contributed by atoms with van der Waals surface area (Å²) in [5.41, 5.74) is 5.78. The van der Waals surface area contributed by atoms with E-state index in [4.69, 9.17) is 10.5 Å². The second-order valence-corrected chi connectivity index (χ2v) is 4.76. The Bertz CT molecular complexity index is 164. The number of hydrogen-bond acceptors (Lipinski definition) is 3. The van der Waals surface area contributed by atoms with Crippen LogP contribution in [-0.4, -0.2) is 44.8 Å². The molecule has 2 N–H and O–H groups in total. The highest BCUT2D eigenvalue weighted by atomic mass is 16.5. The molecule has 0 aliphatic carbocycles. The lowest BCUT2D eigenvalue weighted by Gasteiger charge is -2.22. The van der Waals surface area contributed by atoms with E-state index >= 15 is 0 Å². The zero-order valence-electron chi connectivity index (χ0n) is 10.2. The molecule has 1 saturated heterocycles. The van der Waals surface area contributed by atoms with Gasteiger partial charge in [-0.05, 0) is 37.8 Å². The van der Waals surface area contributed by atoms with E-state index in [2.05, 4.69) is 11.8 Å². The van der Waals surface area contributed by atoms with Crippen LogP contribution in [-0.2, 0) is 4.74 Å². The van der Waals surface area contributed by atoms with Crippen molar-refractivity contribution in [2.45, 2.75) is 26.2 Å². The van der Waals surface area contributed by atoms with Gasteiger partial charge in [0.15, 0.2) is 0 Å². The maximum absolute atomic E-state index is 5.78. The zero-order valence-corrected chi connectivity index (χ0v) is 10.2. The van der Waals surface area contributed by atoms with Gasteiger partial charge in [0.25, 0.3) is 0 Å². The van der Waals surface area contributed by atoms with Crippen LogP contribution >= 0.6 is 0 Å². The van der Waals surface area contributed by atoms with Crippen molar-refractivity contribution in [3.05, 3.63) is 0 Å². The fraction of sp³-hybridized carbons (Fsp3) is 1.00. The summed E-state index contributed by atoms with van der Waals surface area (Å²) < 4.78 is 5.20. The molecule has 2 unspecified atom stereocenters. The van der Waals surface area contributed by atoms with Gasteiger partial charge >= 0.3 is 0 Å². The Morgan fingerprint density at radius 2 is 2.33 bits per heavy atom. The summed E-state index contributed by atoms with van der Waals surface area (Å²) in [6.07, 6.45) is 3.80. The molecule has 0 spiro atoms. The van der Waals surface area contributed by atoms with Crippen LogP contribution in [0.15, 0.2) is 0 Å². The quantitative estimate of drug-likeness (QED) is 0.695. The average Bonchev–Trinajstić information content (AvgIpc) is 2.66. The van der Waals surface area contributed by atoms with Gasteiger partial charge in [0.1, 0.15) is 0 Å². The Labute approximate surface area is 94.0 Å². The molecule has 1 heterocycles. The topological polar surface area (TPSA) is 38.5 Å². The zero-order chi connectivity index (χ0) is 11.1. The van der Waals surface area contributed by atoms with Gasteiger partial charge in [0, 0.05) is 20.2 Å². The summed E-state index contributed by atoms with van der Waals surface area (Å²) in [4.78, 5) is 2.55. The minimum atomic E-state index is 0.691. The lowest BCUT2D eigenvalue weighted by molar-refractivity contribution is 0.151. The fourth-order valence-electron chi connectivity index (χ4n) is 2.51. The maximum atomic E-state index is 5.78. The molecule has 0 bridgehead atoms. The molecule has 0 aromatic heterocycles. The van der Waals surface area contributed by atoms with Crippen molar-refractivity contribution < 1.29 is 4.74 Å². The normalized spacial score (nSPS) is 24.6. The number of rotatable bonds is 7. The van der Waals surface area contributed by atoms with E-state index in [1.807, 2.05) is 0 Å². The number of hydrogen-bond donors (Lipinski definition) is 1. The van der Waals surface area contributed by atoms with Gasteiger partial charge in [-0.2, -0.15) is 0 Å². The molecule has 0 aromatic carbocycles. The minimum absolute atomic E-state index is 0.691. The molecular weight excluding hydrogens is 188 g/mol. The van der Waals surface area contributed by atoms with Crippen LogP contribution in [0.2, 0.25) is 0 Å². The van der Waals surface area contributed by atoms with Crippen molar-refractivity contribution in [1.82, 2.24) is 4.90 Å². The van der Waals surface area contributed by atoms with E-state index in [-0.39, 0.29) is 0 Å². The van der Waals surface area contributed by atoms with Crippen LogP contribution in [0.5, 0.6) is 0 Å². The van der Waals surface area contributed by atoms with E-state index in [1.54, 1.807) is 7.11 Å². The molecule has 0 amide bonds. The summed E-state index contributed by atoms with van der Waals surface area (Å²) in [5, 5.41) is 0. The fourth-order valence-corrected chi connectivity index (χ4v) is 2.51. The smallest absolute Gasteiger partial charge is 0.0503 e. The van der Waals surface area contributed by atoms with Gasteiger partial charge in [0.05, 0.1) is 6.61 Å². The van der Waals surface area contributed by atoms with Crippen LogP contribution in [0, 0.1) is 11.8 Å². The first kappa shape index (κ1) is 12.9. The monoisotopic (exact) mass is 214 g/mol. The van der Waals surface area contributed by atoms with Crippen molar-refractivity contribution in [2.24, 2.45) is 17.6 Å². The van der Waals surface area contributed by atoms with E-state index in [9.17, 15) is 0 Å². The molecule has 3 heteroatoms. The largest absolute Gasteiger partial charge is 0.384 e. The Balaban J connectivity index is 2.21. The molecule has 1 aliphatic heterocycles. The predicted octanol–water partition coefficient (Wildman–Crippen LogP) is 1.33. The van der Waals surface area contributed by atoms with Crippen LogP contribution in [0.1, 0.15) is 26.2 Å². The average molecular weight is 214 g/mol. The number of ether oxygens (including phenoxy) is 1. The van der Waals surface area contributed by atoms with Gasteiger partial charge in [-0.25, -0.2) is 0 Å². The predicted molar refractivity (Wildman–Crippen MR) is 63.9 cm³/mol. The highest BCUT2D eigenvalue weighted by molar-refractivity contribution is 4.77. The van der Waals surface area contributed by atoms with Gasteiger partial charge in [0.2, 0.25) is 0 Å². The standard InChI is InChI=1S/C12H26N2O/c1-3-4-11(7-13)8-14-6-5-12(9-14)10-15-2/h11-12H,3-10,13H2,1-2H3. The Kier molecular flexibility index (Phi) is 6.22. The first-order valence-electron chi connectivity index (χ1n) is 6.21. The second-order valence-electron chi connectivity index (χ2n) is 4.76. The third-order valence-corrected chi connectivity index (χ3v) is 3.32. The van der Waals surface area contributed by atoms with E-state index < -0.39 is 0 Å². The minimum Gasteiger partial charge on any atom is -0.384 e. The molecule has 90 valence electrons. The number of methoxy groups -OCH3 is 1. The van der Waals surface area contributed by atoms with Crippen molar-refractivity contribution >= 4 is 0 Å². The van der Waals surface area contributed by atoms with Crippen molar-refractivity contribution in [2.75, 3.05) is 39.9 Å². The van der Waals surface area contributed by atoms with Crippen LogP contribution in [0.4, 0.5) is 0 Å². The third-order valence-electron chi connectivity index (χ3n) is 3.32. The molecule has 2 atom stereocenters. The second kappa shape index (κ2) is 7.20. The molecule has 0 aromatic rings. The first-order valence-corrected chi connectivity index (χ1v) is 6.21. The van der Waals surface area contributed by atoms with Gasteiger partial charge in [-0.3, -0.25) is 0 Å². The van der Waals surface area contributed by atoms with E-state index in [0.29, 0.717) is 5.92 Å². The molecule has 15 heavy (non-hydrogen) atoms. The number of nitrogens with two attached hydrogens (primary N) is 1. The Morgan fingerprint density at radius 3 is 2.93 bits per heavy atom.